The lowest BCUT2D eigenvalue weighted by Crippen LogP contribution is -2.20. The highest BCUT2D eigenvalue weighted by Crippen LogP contribution is 2.33. The van der Waals surface area contributed by atoms with Crippen LogP contribution in [0.3, 0.4) is 0 Å². The molecule has 4 heteroatoms. The predicted molar refractivity (Wildman–Crippen MR) is 77.8 cm³/mol. The lowest BCUT2D eigenvalue weighted by molar-refractivity contribution is 0.121. The summed E-state index contributed by atoms with van der Waals surface area (Å²) < 4.78 is 10.8. The highest BCUT2D eigenvalue weighted by molar-refractivity contribution is 5.32. The minimum absolute atomic E-state index is 0.199. The molecule has 1 aromatic carbocycles. The molecule has 0 radical (unpaired) electrons. The number of ether oxygens (including phenoxy) is 1. The number of hydrogen-bond donors (Lipinski definition) is 2. The van der Waals surface area contributed by atoms with Crippen molar-refractivity contribution in [2.24, 2.45) is 5.73 Å². The van der Waals surface area contributed by atoms with Gasteiger partial charge in [0.15, 0.2) is 0 Å². The molecular formula is C16H21NO3. The Morgan fingerprint density at radius 2 is 1.95 bits per heavy atom. The van der Waals surface area contributed by atoms with Crippen LogP contribution in [0.4, 0.5) is 0 Å². The summed E-state index contributed by atoms with van der Waals surface area (Å²) >= 11 is 0. The third-order valence-corrected chi connectivity index (χ3v) is 3.42. The number of hydrogen-bond acceptors (Lipinski definition) is 4. The Kier molecular flexibility index (Phi) is 4.82. The van der Waals surface area contributed by atoms with Crippen molar-refractivity contribution in [3.63, 3.8) is 0 Å². The summed E-state index contributed by atoms with van der Waals surface area (Å²) in [6.07, 6.45) is 0.840. The van der Waals surface area contributed by atoms with Crippen molar-refractivity contribution >= 4 is 0 Å². The van der Waals surface area contributed by atoms with Gasteiger partial charge in [0.1, 0.15) is 17.6 Å². The van der Waals surface area contributed by atoms with Crippen molar-refractivity contribution in [2.75, 3.05) is 13.2 Å². The van der Waals surface area contributed by atoms with Crippen molar-refractivity contribution in [2.45, 2.75) is 25.9 Å². The Bertz CT molecular complexity index is 533. The first-order valence-electron chi connectivity index (χ1n) is 6.82. The Labute approximate surface area is 119 Å². The quantitative estimate of drug-likeness (QED) is 0.850. The maximum atomic E-state index is 10.5. The largest absolute Gasteiger partial charge is 0.494 e. The van der Waals surface area contributed by atoms with E-state index in [2.05, 4.69) is 0 Å². The number of furan rings is 1. The van der Waals surface area contributed by atoms with Crippen LogP contribution in [-0.2, 0) is 0 Å². The number of benzene rings is 1. The molecule has 0 spiro atoms. The zero-order valence-corrected chi connectivity index (χ0v) is 11.9. The van der Waals surface area contributed by atoms with Gasteiger partial charge in [-0.25, -0.2) is 0 Å². The summed E-state index contributed by atoms with van der Waals surface area (Å²) in [6, 6.07) is 9.49. The second-order valence-corrected chi connectivity index (χ2v) is 4.76. The van der Waals surface area contributed by atoms with Gasteiger partial charge in [-0.3, -0.25) is 0 Å². The van der Waals surface area contributed by atoms with Crippen LogP contribution >= 0.6 is 0 Å². The summed E-state index contributed by atoms with van der Waals surface area (Å²) in [6.45, 7) is 4.83. The van der Waals surface area contributed by atoms with E-state index >= 15 is 0 Å². The molecule has 2 unspecified atom stereocenters. The van der Waals surface area contributed by atoms with Gasteiger partial charge in [0.2, 0.25) is 0 Å². The molecule has 108 valence electrons. The van der Waals surface area contributed by atoms with E-state index in [-0.39, 0.29) is 5.92 Å². The summed E-state index contributed by atoms with van der Waals surface area (Å²) in [4.78, 5) is 0. The SMILES string of the molecule is CCOc1ccc(C(CN)C(O)c2occc2C)cc1. The summed E-state index contributed by atoms with van der Waals surface area (Å²) in [5, 5.41) is 10.5. The third kappa shape index (κ3) is 3.03. The lowest BCUT2D eigenvalue weighted by Gasteiger charge is -2.21. The molecule has 2 atom stereocenters. The number of nitrogens with two attached hydrogens (primary N) is 1. The topological polar surface area (TPSA) is 68.6 Å². The van der Waals surface area contributed by atoms with Gasteiger partial charge in [-0.1, -0.05) is 12.1 Å². The van der Waals surface area contributed by atoms with E-state index in [9.17, 15) is 5.11 Å². The molecule has 20 heavy (non-hydrogen) atoms. The molecule has 0 aliphatic rings. The first-order valence-corrected chi connectivity index (χ1v) is 6.82. The summed E-state index contributed by atoms with van der Waals surface area (Å²) in [7, 11) is 0. The molecule has 0 saturated carbocycles. The smallest absolute Gasteiger partial charge is 0.135 e. The van der Waals surface area contributed by atoms with Crippen LogP contribution in [0, 0.1) is 6.92 Å². The first-order chi connectivity index (χ1) is 9.67. The van der Waals surface area contributed by atoms with Crippen molar-refractivity contribution < 1.29 is 14.3 Å². The number of aliphatic hydroxyl groups excluding tert-OH is 1. The van der Waals surface area contributed by atoms with Gasteiger partial charge in [0.05, 0.1) is 12.9 Å². The molecule has 0 bridgehead atoms. The standard InChI is InChI=1S/C16H21NO3/c1-3-19-13-6-4-12(5-7-13)14(10-17)15(18)16-11(2)8-9-20-16/h4-9,14-15,18H,3,10,17H2,1-2H3. The van der Waals surface area contributed by atoms with E-state index in [1.165, 1.54) is 0 Å². The van der Waals surface area contributed by atoms with Crippen molar-refractivity contribution in [1.82, 2.24) is 0 Å². The maximum Gasteiger partial charge on any atom is 0.135 e. The molecule has 1 heterocycles. The van der Waals surface area contributed by atoms with Gasteiger partial charge in [0.25, 0.3) is 0 Å². The van der Waals surface area contributed by atoms with Crippen LogP contribution in [0.15, 0.2) is 41.0 Å². The molecule has 0 saturated heterocycles. The molecule has 2 aromatic rings. The minimum Gasteiger partial charge on any atom is -0.494 e. The van der Waals surface area contributed by atoms with Crippen LogP contribution in [-0.4, -0.2) is 18.3 Å². The monoisotopic (exact) mass is 275 g/mol. The molecule has 2 rings (SSSR count). The highest BCUT2D eigenvalue weighted by atomic mass is 16.5. The Morgan fingerprint density at radius 1 is 1.25 bits per heavy atom. The van der Waals surface area contributed by atoms with E-state index in [1.807, 2.05) is 44.2 Å². The fourth-order valence-electron chi connectivity index (χ4n) is 2.30. The van der Waals surface area contributed by atoms with Gasteiger partial charge >= 0.3 is 0 Å². The zero-order valence-electron chi connectivity index (χ0n) is 11.9. The Balaban J connectivity index is 2.21. The summed E-state index contributed by atoms with van der Waals surface area (Å²) in [5.74, 6) is 1.19. The van der Waals surface area contributed by atoms with Crippen LogP contribution in [0.2, 0.25) is 0 Å². The van der Waals surface area contributed by atoms with E-state index in [4.69, 9.17) is 14.9 Å². The average Bonchev–Trinajstić information content (AvgIpc) is 2.88. The van der Waals surface area contributed by atoms with E-state index in [1.54, 1.807) is 6.26 Å². The van der Waals surface area contributed by atoms with Gasteiger partial charge in [0, 0.05) is 12.5 Å². The van der Waals surface area contributed by atoms with Crippen LogP contribution < -0.4 is 10.5 Å². The number of aliphatic hydroxyl groups is 1. The lowest BCUT2D eigenvalue weighted by atomic mass is 9.91. The van der Waals surface area contributed by atoms with Crippen LogP contribution in [0.25, 0.3) is 0 Å². The molecule has 4 nitrogen and oxygen atoms in total. The van der Waals surface area contributed by atoms with Gasteiger partial charge < -0.3 is 20.0 Å². The number of aryl methyl sites for hydroxylation is 1. The molecule has 1 aromatic heterocycles. The number of rotatable bonds is 6. The van der Waals surface area contributed by atoms with E-state index in [0.717, 1.165) is 16.9 Å². The van der Waals surface area contributed by atoms with E-state index < -0.39 is 6.10 Å². The van der Waals surface area contributed by atoms with E-state index in [0.29, 0.717) is 18.9 Å². The van der Waals surface area contributed by atoms with Gasteiger partial charge in [-0.2, -0.15) is 0 Å². The summed E-state index contributed by atoms with van der Waals surface area (Å²) in [5.41, 5.74) is 7.73. The Hall–Kier alpha value is -1.78. The third-order valence-electron chi connectivity index (χ3n) is 3.42. The Morgan fingerprint density at radius 3 is 2.45 bits per heavy atom. The van der Waals surface area contributed by atoms with Crippen LogP contribution in [0.5, 0.6) is 5.75 Å². The van der Waals surface area contributed by atoms with Crippen molar-refractivity contribution in [3.8, 4) is 5.75 Å². The van der Waals surface area contributed by atoms with Crippen molar-refractivity contribution in [1.29, 1.82) is 0 Å². The first kappa shape index (κ1) is 14.6. The average molecular weight is 275 g/mol. The highest BCUT2D eigenvalue weighted by Gasteiger charge is 2.25. The molecular weight excluding hydrogens is 254 g/mol. The molecule has 0 aliphatic carbocycles. The molecule has 0 aliphatic heterocycles. The maximum absolute atomic E-state index is 10.5. The normalized spacial score (nSPS) is 14.0. The fourth-order valence-corrected chi connectivity index (χ4v) is 2.30. The molecule has 0 amide bonds. The second-order valence-electron chi connectivity index (χ2n) is 4.76. The predicted octanol–water partition coefficient (Wildman–Crippen LogP) is 2.76. The van der Waals surface area contributed by atoms with Gasteiger partial charge in [-0.05, 0) is 43.2 Å². The molecule has 0 fully saturated rings. The molecule has 3 N–H and O–H groups in total. The van der Waals surface area contributed by atoms with Crippen LogP contribution in [0.1, 0.15) is 35.8 Å². The fraction of sp³-hybridized carbons (Fsp3) is 0.375. The van der Waals surface area contributed by atoms with Crippen molar-refractivity contribution in [3.05, 3.63) is 53.5 Å². The zero-order chi connectivity index (χ0) is 14.5. The van der Waals surface area contributed by atoms with Gasteiger partial charge in [-0.15, -0.1) is 0 Å². The second kappa shape index (κ2) is 6.59. The minimum atomic E-state index is -0.743.